The van der Waals surface area contributed by atoms with Gasteiger partial charge in [-0.15, -0.1) is 0 Å². The fourth-order valence-electron chi connectivity index (χ4n) is 5.57. The van der Waals surface area contributed by atoms with Crippen molar-refractivity contribution in [3.8, 4) is 5.75 Å². The summed E-state index contributed by atoms with van der Waals surface area (Å²) in [6, 6.07) is 24.9. The molecule has 2 amide bonds. The van der Waals surface area contributed by atoms with Crippen LogP contribution in [0.5, 0.6) is 5.75 Å². The predicted octanol–water partition coefficient (Wildman–Crippen LogP) is 4.16. The van der Waals surface area contributed by atoms with Crippen LogP contribution in [0.3, 0.4) is 0 Å². The molecule has 0 radical (unpaired) electrons. The number of rotatable bonds is 8. The number of carbonyl (C=O) groups excluding carboxylic acids is 2. The number of amides is 2. The summed E-state index contributed by atoms with van der Waals surface area (Å²) in [7, 11) is 1.59. The summed E-state index contributed by atoms with van der Waals surface area (Å²) in [6.45, 7) is 2.75. The van der Waals surface area contributed by atoms with Gasteiger partial charge in [0, 0.05) is 18.2 Å². The van der Waals surface area contributed by atoms with Crippen molar-refractivity contribution in [1.82, 2.24) is 15.5 Å². The van der Waals surface area contributed by atoms with E-state index in [0.717, 1.165) is 44.3 Å². The van der Waals surface area contributed by atoms with Crippen LogP contribution in [0.4, 0.5) is 0 Å². The SMILES string of the molecule is COc1ccc(C(=O)N[C@@H](C(=O)NCC2CCN(C3Cc4ccccc4C3)CC2)c2ccccc2)cc1. The number of benzene rings is 3. The van der Waals surface area contributed by atoms with Crippen LogP contribution in [-0.2, 0) is 17.6 Å². The monoisotopic (exact) mass is 497 g/mol. The molecule has 3 aromatic rings. The Hall–Kier alpha value is -3.64. The average Bonchev–Trinajstić information content (AvgIpc) is 3.40. The van der Waals surface area contributed by atoms with Crippen molar-refractivity contribution in [2.75, 3.05) is 26.7 Å². The second-order valence-corrected chi connectivity index (χ2v) is 10.1. The maximum absolute atomic E-state index is 13.3. The number of nitrogens with zero attached hydrogens (tertiary/aromatic N) is 1. The van der Waals surface area contributed by atoms with Crippen LogP contribution in [0.2, 0.25) is 0 Å². The third-order valence-corrected chi connectivity index (χ3v) is 7.78. The first-order valence-corrected chi connectivity index (χ1v) is 13.2. The Labute approximate surface area is 219 Å². The van der Waals surface area contributed by atoms with Gasteiger partial charge in [0.15, 0.2) is 0 Å². The molecular formula is C31H35N3O3. The van der Waals surface area contributed by atoms with Gasteiger partial charge < -0.3 is 15.4 Å². The van der Waals surface area contributed by atoms with E-state index in [9.17, 15) is 9.59 Å². The molecule has 2 aliphatic rings. The minimum absolute atomic E-state index is 0.179. The van der Waals surface area contributed by atoms with Crippen LogP contribution < -0.4 is 15.4 Å². The van der Waals surface area contributed by atoms with Crippen molar-refractivity contribution in [1.29, 1.82) is 0 Å². The molecule has 0 spiro atoms. The van der Waals surface area contributed by atoms with E-state index < -0.39 is 6.04 Å². The molecule has 37 heavy (non-hydrogen) atoms. The first-order valence-electron chi connectivity index (χ1n) is 13.2. The molecule has 6 heteroatoms. The van der Waals surface area contributed by atoms with E-state index in [-0.39, 0.29) is 11.8 Å². The van der Waals surface area contributed by atoms with Gasteiger partial charge in [-0.3, -0.25) is 14.5 Å². The highest BCUT2D eigenvalue weighted by Gasteiger charge is 2.30. The lowest BCUT2D eigenvalue weighted by Gasteiger charge is -2.36. The summed E-state index contributed by atoms with van der Waals surface area (Å²) in [5, 5.41) is 6.06. The molecule has 1 aliphatic heterocycles. The van der Waals surface area contributed by atoms with Crippen molar-refractivity contribution in [3.05, 3.63) is 101 Å². The van der Waals surface area contributed by atoms with Gasteiger partial charge in [-0.2, -0.15) is 0 Å². The predicted molar refractivity (Wildman–Crippen MR) is 145 cm³/mol. The van der Waals surface area contributed by atoms with Crippen LogP contribution in [0.25, 0.3) is 0 Å². The highest BCUT2D eigenvalue weighted by atomic mass is 16.5. The zero-order chi connectivity index (χ0) is 25.6. The van der Waals surface area contributed by atoms with Crippen LogP contribution in [0.1, 0.15) is 45.9 Å². The van der Waals surface area contributed by atoms with Crippen LogP contribution in [-0.4, -0.2) is 49.5 Å². The first kappa shape index (κ1) is 25.0. The largest absolute Gasteiger partial charge is 0.497 e. The molecule has 3 aromatic carbocycles. The van der Waals surface area contributed by atoms with E-state index >= 15 is 0 Å². The Morgan fingerprint density at radius 2 is 1.51 bits per heavy atom. The van der Waals surface area contributed by atoms with Crippen molar-refractivity contribution >= 4 is 11.8 Å². The Balaban J connectivity index is 1.15. The zero-order valence-electron chi connectivity index (χ0n) is 21.4. The molecule has 1 atom stereocenters. The number of hydrogen-bond donors (Lipinski definition) is 2. The minimum atomic E-state index is -0.757. The van der Waals surface area contributed by atoms with Gasteiger partial charge in [0.1, 0.15) is 11.8 Å². The zero-order valence-corrected chi connectivity index (χ0v) is 21.4. The Bertz CT molecular complexity index is 1180. The van der Waals surface area contributed by atoms with Crippen LogP contribution >= 0.6 is 0 Å². The lowest BCUT2D eigenvalue weighted by molar-refractivity contribution is -0.123. The van der Waals surface area contributed by atoms with Gasteiger partial charge >= 0.3 is 0 Å². The first-order chi connectivity index (χ1) is 18.1. The number of likely N-dealkylation sites (tertiary alicyclic amines) is 1. The summed E-state index contributed by atoms with van der Waals surface area (Å²) in [4.78, 5) is 28.9. The summed E-state index contributed by atoms with van der Waals surface area (Å²) >= 11 is 0. The summed E-state index contributed by atoms with van der Waals surface area (Å²) < 4.78 is 5.18. The summed E-state index contributed by atoms with van der Waals surface area (Å²) in [5.74, 6) is 0.648. The molecule has 0 bridgehead atoms. The van der Waals surface area contributed by atoms with Crippen molar-refractivity contribution in [2.24, 2.45) is 5.92 Å². The molecule has 192 valence electrons. The molecule has 2 N–H and O–H groups in total. The molecule has 1 heterocycles. The molecule has 5 rings (SSSR count). The number of fused-ring (bicyclic) bond motifs is 1. The lowest BCUT2D eigenvalue weighted by Crippen LogP contribution is -2.46. The standard InChI is InChI=1S/C31H35N3O3/c1-37-28-13-11-24(12-14-28)30(35)33-29(23-7-3-2-4-8-23)31(36)32-21-22-15-17-34(18-16-22)27-19-25-9-5-6-10-26(25)20-27/h2-14,22,27,29H,15-21H2,1H3,(H,32,36)(H,33,35)/t29-/m1/s1. The third-order valence-electron chi connectivity index (χ3n) is 7.78. The van der Waals surface area contributed by atoms with Crippen molar-refractivity contribution in [3.63, 3.8) is 0 Å². The minimum Gasteiger partial charge on any atom is -0.497 e. The fraction of sp³-hybridized carbons (Fsp3) is 0.355. The lowest BCUT2D eigenvalue weighted by atomic mass is 9.95. The Kier molecular flexibility index (Phi) is 7.85. The van der Waals surface area contributed by atoms with Gasteiger partial charge in [-0.1, -0.05) is 54.6 Å². The highest BCUT2D eigenvalue weighted by Crippen LogP contribution is 2.28. The highest BCUT2D eigenvalue weighted by molar-refractivity contribution is 5.98. The van der Waals surface area contributed by atoms with E-state index in [0.29, 0.717) is 29.8 Å². The quantitative estimate of drug-likeness (QED) is 0.490. The number of methoxy groups -OCH3 is 1. The number of carbonyl (C=O) groups is 2. The molecule has 1 fully saturated rings. The van der Waals surface area contributed by atoms with Crippen LogP contribution in [0.15, 0.2) is 78.9 Å². The van der Waals surface area contributed by atoms with Gasteiger partial charge in [-0.05, 0) is 85.6 Å². The normalized spacial score (nSPS) is 17.1. The second-order valence-electron chi connectivity index (χ2n) is 10.1. The van der Waals surface area contributed by atoms with Gasteiger partial charge in [-0.25, -0.2) is 0 Å². The van der Waals surface area contributed by atoms with E-state index in [1.807, 2.05) is 30.3 Å². The maximum atomic E-state index is 13.3. The fourth-order valence-corrected chi connectivity index (χ4v) is 5.57. The van der Waals surface area contributed by atoms with Crippen LogP contribution in [0, 0.1) is 5.92 Å². The molecule has 1 saturated heterocycles. The van der Waals surface area contributed by atoms with E-state index in [1.54, 1.807) is 31.4 Å². The Morgan fingerprint density at radius 3 is 2.14 bits per heavy atom. The van der Waals surface area contributed by atoms with E-state index in [1.165, 1.54) is 11.1 Å². The van der Waals surface area contributed by atoms with E-state index in [4.69, 9.17) is 4.74 Å². The second kappa shape index (κ2) is 11.6. The maximum Gasteiger partial charge on any atom is 0.252 e. The number of hydrogen-bond acceptors (Lipinski definition) is 4. The molecule has 6 nitrogen and oxygen atoms in total. The van der Waals surface area contributed by atoms with Gasteiger partial charge in [0.25, 0.3) is 5.91 Å². The number of ether oxygens (including phenoxy) is 1. The molecule has 0 aromatic heterocycles. The third kappa shape index (κ3) is 6.03. The van der Waals surface area contributed by atoms with Crippen molar-refractivity contribution in [2.45, 2.75) is 37.8 Å². The molecule has 0 saturated carbocycles. The molecule has 0 unspecified atom stereocenters. The number of nitrogens with one attached hydrogen (secondary N) is 2. The number of piperidine rings is 1. The van der Waals surface area contributed by atoms with Gasteiger partial charge in [0.05, 0.1) is 7.11 Å². The average molecular weight is 498 g/mol. The molecule has 1 aliphatic carbocycles. The van der Waals surface area contributed by atoms with E-state index in [2.05, 4.69) is 39.8 Å². The Morgan fingerprint density at radius 1 is 0.892 bits per heavy atom. The summed E-state index contributed by atoms with van der Waals surface area (Å²) in [6.07, 6.45) is 4.43. The topological polar surface area (TPSA) is 70.7 Å². The summed E-state index contributed by atoms with van der Waals surface area (Å²) in [5.41, 5.74) is 4.23. The smallest absolute Gasteiger partial charge is 0.252 e. The van der Waals surface area contributed by atoms with Gasteiger partial charge in [0.2, 0.25) is 5.91 Å². The molecular weight excluding hydrogens is 462 g/mol. The van der Waals surface area contributed by atoms with Crippen molar-refractivity contribution < 1.29 is 14.3 Å².